The zero-order chi connectivity index (χ0) is 25.3. The highest BCUT2D eigenvalue weighted by atomic mass is 127. The predicted octanol–water partition coefficient (Wildman–Crippen LogP) is 6.03. The van der Waals surface area contributed by atoms with Gasteiger partial charge in [0, 0.05) is 17.1 Å². The van der Waals surface area contributed by atoms with Gasteiger partial charge in [0.2, 0.25) is 0 Å². The fraction of sp³-hybridized carbons (Fsp3) is 0.231. The summed E-state index contributed by atoms with van der Waals surface area (Å²) in [5, 5.41) is 4.01. The standard InChI is InChI=1S/C26H24FIN2O4S2/c1-32-23-13-17(12-22(28)25(23)34-15-19-4-2-3-5-21(19)27)14-29-30-24(31)16-33-20-8-6-18(7-9-20)26-35-10-11-36-26/h2-9,12-14,26H,10-11,15-16H2,1H3,(H,30,31)/b29-14-. The van der Waals surface area contributed by atoms with Crippen LogP contribution < -0.4 is 19.6 Å². The van der Waals surface area contributed by atoms with Crippen LogP contribution in [-0.4, -0.2) is 37.3 Å². The Morgan fingerprint density at radius 1 is 1.14 bits per heavy atom. The average Bonchev–Trinajstić information content (AvgIpc) is 3.43. The van der Waals surface area contributed by atoms with Gasteiger partial charge in [-0.05, 0) is 64.0 Å². The Labute approximate surface area is 231 Å². The molecule has 1 aliphatic heterocycles. The van der Waals surface area contributed by atoms with E-state index in [0.717, 1.165) is 3.57 Å². The molecular formula is C26H24FIN2O4S2. The van der Waals surface area contributed by atoms with E-state index >= 15 is 0 Å². The second-order valence-corrected chi connectivity index (χ2v) is 11.5. The zero-order valence-electron chi connectivity index (χ0n) is 19.4. The van der Waals surface area contributed by atoms with Crippen molar-refractivity contribution in [3.8, 4) is 17.2 Å². The Morgan fingerprint density at radius 3 is 2.61 bits per heavy atom. The minimum absolute atomic E-state index is 0.0732. The Bertz CT molecular complexity index is 1220. The molecule has 0 atom stereocenters. The number of thioether (sulfide) groups is 2. The first-order valence-electron chi connectivity index (χ1n) is 11.0. The van der Waals surface area contributed by atoms with E-state index in [9.17, 15) is 9.18 Å². The lowest BCUT2D eigenvalue weighted by Crippen LogP contribution is -2.24. The van der Waals surface area contributed by atoms with Crippen LogP contribution in [0.1, 0.15) is 21.3 Å². The number of ether oxygens (including phenoxy) is 3. The first-order chi connectivity index (χ1) is 17.5. The summed E-state index contributed by atoms with van der Waals surface area (Å²) < 4.78 is 32.0. The Kier molecular flexibility index (Phi) is 9.76. The number of hydrazone groups is 1. The number of hydrogen-bond donors (Lipinski definition) is 1. The molecule has 1 saturated heterocycles. The number of rotatable bonds is 10. The molecule has 1 amide bonds. The van der Waals surface area contributed by atoms with Gasteiger partial charge >= 0.3 is 0 Å². The molecule has 3 aromatic carbocycles. The van der Waals surface area contributed by atoms with E-state index in [1.807, 2.05) is 53.9 Å². The van der Waals surface area contributed by atoms with Crippen LogP contribution >= 0.6 is 46.1 Å². The SMILES string of the molecule is COc1cc(/C=N\NC(=O)COc2ccc(C3SCCS3)cc2)cc(I)c1OCc1ccccc1F. The van der Waals surface area contributed by atoms with Gasteiger partial charge in [-0.25, -0.2) is 9.82 Å². The van der Waals surface area contributed by atoms with E-state index in [1.54, 1.807) is 24.3 Å². The van der Waals surface area contributed by atoms with Crippen LogP contribution in [0.4, 0.5) is 4.39 Å². The number of carbonyl (C=O) groups is 1. The number of halogens is 2. The van der Waals surface area contributed by atoms with Crippen molar-refractivity contribution in [1.29, 1.82) is 0 Å². The highest BCUT2D eigenvalue weighted by Crippen LogP contribution is 2.45. The van der Waals surface area contributed by atoms with Crippen molar-refractivity contribution in [3.63, 3.8) is 0 Å². The van der Waals surface area contributed by atoms with Gasteiger partial charge in [-0.3, -0.25) is 4.79 Å². The lowest BCUT2D eigenvalue weighted by molar-refractivity contribution is -0.123. The maximum absolute atomic E-state index is 13.9. The fourth-order valence-electron chi connectivity index (χ4n) is 3.35. The molecule has 3 aromatic rings. The molecule has 0 bridgehead atoms. The van der Waals surface area contributed by atoms with Gasteiger partial charge in [0.25, 0.3) is 5.91 Å². The Balaban J connectivity index is 1.29. The summed E-state index contributed by atoms with van der Waals surface area (Å²) in [5.41, 5.74) is 4.88. The van der Waals surface area contributed by atoms with E-state index < -0.39 is 0 Å². The van der Waals surface area contributed by atoms with Gasteiger partial charge in [-0.2, -0.15) is 5.10 Å². The maximum Gasteiger partial charge on any atom is 0.277 e. The number of carbonyl (C=O) groups excluding carboxylic acids is 1. The van der Waals surface area contributed by atoms with Crippen LogP contribution in [0, 0.1) is 9.39 Å². The predicted molar refractivity (Wildman–Crippen MR) is 152 cm³/mol. The topological polar surface area (TPSA) is 69.2 Å². The summed E-state index contributed by atoms with van der Waals surface area (Å²) in [6.07, 6.45) is 1.51. The van der Waals surface area contributed by atoms with Gasteiger partial charge < -0.3 is 14.2 Å². The molecule has 0 spiro atoms. The van der Waals surface area contributed by atoms with Crippen molar-refractivity contribution >= 4 is 58.2 Å². The second-order valence-electron chi connectivity index (χ2n) is 7.64. The molecule has 6 nitrogen and oxygen atoms in total. The number of hydrogen-bond acceptors (Lipinski definition) is 7. The molecule has 36 heavy (non-hydrogen) atoms. The lowest BCUT2D eigenvalue weighted by Gasteiger charge is -2.14. The largest absolute Gasteiger partial charge is 0.493 e. The molecule has 188 valence electrons. The molecule has 0 aromatic heterocycles. The molecule has 0 unspecified atom stereocenters. The fourth-order valence-corrected chi connectivity index (χ4v) is 6.99. The van der Waals surface area contributed by atoms with Crippen molar-refractivity contribution < 1.29 is 23.4 Å². The maximum atomic E-state index is 13.9. The van der Waals surface area contributed by atoms with Crippen LogP contribution in [0.2, 0.25) is 0 Å². The second kappa shape index (κ2) is 13.2. The first-order valence-corrected chi connectivity index (χ1v) is 14.2. The molecule has 1 heterocycles. The number of methoxy groups -OCH3 is 1. The van der Waals surface area contributed by atoms with Gasteiger partial charge in [0.05, 0.1) is 21.5 Å². The zero-order valence-corrected chi connectivity index (χ0v) is 23.2. The third-order valence-corrected chi connectivity index (χ3v) is 9.03. The van der Waals surface area contributed by atoms with E-state index in [2.05, 4.69) is 33.1 Å². The summed E-state index contributed by atoms with van der Waals surface area (Å²) in [7, 11) is 1.53. The van der Waals surface area contributed by atoms with E-state index in [4.69, 9.17) is 14.2 Å². The number of benzene rings is 3. The Morgan fingerprint density at radius 2 is 1.89 bits per heavy atom. The van der Waals surface area contributed by atoms with Crippen molar-refractivity contribution in [2.75, 3.05) is 25.2 Å². The molecule has 4 rings (SSSR count). The van der Waals surface area contributed by atoms with Crippen LogP contribution in [0.3, 0.4) is 0 Å². The van der Waals surface area contributed by atoms with Crippen LogP contribution in [0.5, 0.6) is 17.2 Å². The Hall–Kier alpha value is -2.44. The van der Waals surface area contributed by atoms with Crippen LogP contribution in [0.15, 0.2) is 65.8 Å². The molecular weight excluding hydrogens is 614 g/mol. The smallest absolute Gasteiger partial charge is 0.277 e. The van der Waals surface area contributed by atoms with Gasteiger partial charge in [-0.1, -0.05) is 30.3 Å². The minimum atomic E-state index is -0.372. The average molecular weight is 639 g/mol. The molecule has 0 radical (unpaired) electrons. The van der Waals surface area contributed by atoms with Crippen molar-refractivity contribution in [2.24, 2.45) is 5.10 Å². The van der Waals surface area contributed by atoms with E-state index in [-0.39, 0.29) is 24.9 Å². The summed E-state index contributed by atoms with van der Waals surface area (Å²) in [6, 6.07) is 17.9. The minimum Gasteiger partial charge on any atom is -0.493 e. The van der Waals surface area contributed by atoms with E-state index in [0.29, 0.717) is 33.0 Å². The first kappa shape index (κ1) is 26.6. The van der Waals surface area contributed by atoms with Gasteiger partial charge in [0.1, 0.15) is 18.2 Å². The number of nitrogens with one attached hydrogen (secondary N) is 1. The normalized spacial score (nSPS) is 13.6. The van der Waals surface area contributed by atoms with Gasteiger partial charge in [-0.15, -0.1) is 23.5 Å². The third kappa shape index (κ3) is 7.30. The lowest BCUT2D eigenvalue weighted by atomic mass is 10.2. The molecule has 10 heteroatoms. The molecule has 1 fully saturated rings. The summed E-state index contributed by atoms with van der Waals surface area (Å²) in [6.45, 7) is -0.0724. The van der Waals surface area contributed by atoms with Crippen LogP contribution in [-0.2, 0) is 11.4 Å². The number of nitrogens with zero attached hydrogens (tertiary/aromatic N) is 1. The molecule has 1 aliphatic rings. The third-order valence-electron chi connectivity index (χ3n) is 5.13. The molecule has 0 aliphatic carbocycles. The molecule has 0 saturated carbocycles. The van der Waals surface area contributed by atoms with Crippen LogP contribution in [0.25, 0.3) is 0 Å². The summed E-state index contributed by atoms with van der Waals surface area (Å²) in [5.74, 6) is 3.27. The highest BCUT2D eigenvalue weighted by Gasteiger charge is 2.18. The highest BCUT2D eigenvalue weighted by molar-refractivity contribution is 14.1. The summed E-state index contributed by atoms with van der Waals surface area (Å²) >= 11 is 6.01. The number of amides is 1. The van der Waals surface area contributed by atoms with E-state index in [1.165, 1.54) is 36.5 Å². The summed E-state index contributed by atoms with van der Waals surface area (Å²) in [4.78, 5) is 12.1. The van der Waals surface area contributed by atoms with Crippen molar-refractivity contribution in [2.45, 2.75) is 11.2 Å². The van der Waals surface area contributed by atoms with Crippen molar-refractivity contribution in [1.82, 2.24) is 5.43 Å². The van der Waals surface area contributed by atoms with Crippen molar-refractivity contribution in [3.05, 3.63) is 86.7 Å². The monoisotopic (exact) mass is 638 g/mol. The van der Waals surface area contributed by atoms with Gasteiger partial charge in [0.15, 0.2) is 18.1 Å². The quantitative estimate of drug-likeness (QED) is 0.166. The molecule has 1 N–H and O–H groups in total.